The van der Waals surface area contributed by atoms with Crippen LogP contribution in [0.5, 0.6) is 11.5 Å². The fraction of sp³-hybridized carbons (Fsp3) is 0.143. The lowest BCUT2D eigenvalue weighted by atomic mass is 10.0. The van der Waals surface area contributed by atoms with Gasteiger partial charge in [0.05, 0.1) is 32.1 Å². The van der Waals surface area contributed by atoms with Crippen LogP contribution in [-0.2, 0) is 4.79 Å². The number of anilines is 1. The van der Waals surface area contributed by atoms with Crippen molar-refractivity contribution in [3.8, 4) is 28.8 Å². The van der Waals surface area contributed by atoms with E-state index in [1.807, 2.05) is 54.6 Å². The zero-order chi connectivity index (χ0) is 25.5. The van der Waals surface area contributed by atoms with Crippen LogP contribution < -0.4 is 14.8 Å². The van der Waals surface area contributed by atoms with Gasteiger partial charge in [-0.2, -0.15) is 5.26 Å². The minimum atomic E-state index is -0.565. The number of hydrogen-bond acceptors (Lipinski definition) is 6. The number of ether oxygens (including phenoxy) is 2. The topological polar surface area (TPSA) is 102 Å². The summed E-state index contributed by atoms with van der Waals surface area (Å²) in [6.07, 6.45) is 3.56. The molecule has 0 aliphatic heterocycles. The standard InChI is InChI=1S/C28H25N5O3/c1-19(28(34)30-24-10-14-26(36-3)15-11-24)33-18-27(31-32-33)22-8-6-21(7-9-22)23(17-29)16-20-4-12-25(35-2)13-5-20/h4-16,18-19H,1-3H3,(H,30,34)/b23-16+. The maximum absolute atomic E-state index is 12.7. The number of hydrogen-bond donors (Lipinski definition) is 1. The van der Waals surface area contributed by atoms with Crippen LogP contribution in [0.3, 0.4) is 0 Å². The number of allylic oxidation sites excluding steroid dienone is 1. The summed E-state index contributed by atoms with van der Waals surface area (Å²) >= 11 is 0. The summed E-state index contributed by atoms with van der Waals surface area (Å²) in [5, 5.41) is 20.9. The van der Waals surface area contributed by atoms with E-state index >= 15 is 0 Å². The van der Waals surface area contributed by atoms with E-state index in [4.69, 9.17) is 9.47 Å². The van der Waals surface area contributed by atoms with Crippen molar-refractivity contribution >= 4 is 23.2 Å². The number of nitrogens with one attached hydrogen (secondary N) is 1. The largest absolute Gasteiger partial charge is 0.497 e. The highest BCUT2D eigenvalue weighted by Crippen LogP contribution is 2.24. The van der Waals surface area contributed by atoms with Gasteiger partial charge in [0, 0.05) is 11.3 Å². The Morgan fingerprint density at radius 3 is 2.17 bits per heavy atom. The summed E-state index contributed by atoms with van der Waals surface area (Å²) in [7, 11) is 3.21. The Morgan fingerprint density at radius 2 is 1.58 bits per heavy atom. The predicted molar refractivity (Wildman–Crippen MR) is 138 cm³/mol. The van der Waals surface area contributed by atoms with Crippen LogP contribution in [0.2, 0.25) is 0 Å². The third-order valence-corrected chi connectivity index (χ3v) is 5.68. The molecule has 0 aliphatic carbocycles. The quantitative estimate of drug-likeness (QED) is 0.274. The van der Waals surface area contributed by atoms with Crippen molar-refractivity contribution in [2.45, 2.75) is 13.0 Å². The highest BCUT2D eigenvalue weighted by atomic mass is 16.5. The molecular weight excluding hydrogens is 454 g/mol. The average Bonchev–Trinajstić information content (AvgIpc) is 3.42. The maximum atomic E-state index is 12.7. The first-order valence-corrected chi connectivity index (χ1v) is 11.2. The van der Waals surface area contributed by atoms with Crippen LogP contribution in [0.4, 0.5) is 5.69 Å². The second kappa shape index (κ2) is 11.0. The highest BCUT2D eigenvalue weighted by Gasteiger charge is 2.17. The number of methoxy groups -OCH3 is 2. The number of carbonyl (C=O) groups excluding carboxylic acids is 1. The number of rotatable bonds is 8. The van der Waals surface area contributed by atoms with E-state index in [2.05, 4.69) is 21.7 Å². The maximum Gasteiger partial charge on any atom is 0.249 e. The Kier molecular flexibility index (Phi) is 7.42. The molecule has 1 heterocycles. The fourth-order valence-corrected chi connectivity index (χ4v) is 3.51. The monoisotopic (exact) mass is 479 g/mol. The molecule has 3 aromatic carbocycles. The van der Waals surface area contributed by atoms with Crippen molar-refractivity contribution in [3.63, 3.8) is 0 Å². The minimum Gasteiger partial charge on any atom is -0.497 e. The van der Waals surface area contributed by atoms with Gasteiger partial charge in [0.1, 0.15) is 23.2 Å². The molecule has 1 N–H and O–H groups in total. The molecule has 1 aromatic heterocycles. The van der Waals surface area contributed by atoms with Crippen molar-refractivity contribution in [1.82, 2.24) is 15.0 Å². The first kappa shape index (κ1) is 24.2. The molecule has 0 saturated carbocycles. The van der Waals surface area contributed by atoms with Crippen LogP contribution in [0.15, 0.2) is 79.0 Å². The van der Waals surface area contributed by atoms with Crippen LogP contribution in [-0.4, -0.2) is 35.1 Å². The SMILES string of the molecule is COc1ccc(/C=C(\C#N)c2ccc(-c3cn(C(C)C(=O)Nc4ccc(OC)cc4)nn3)cc2)cc1. The second-order valence-electron chi connectivity index (χ2n) is 8.00. The summed E-state index contributed by atoms with van der Waals surface area (Å²) in [6, 6.07) is 23.8. The summed E-state index contributed by atoms with van der Waals surface area (Å²) in [4.78, 5) is 12.7. The van der Waals surface area contributed by atoms with Gasteiger partial charge in [0.25, 0.3) is 0 Å². The highest BCUT2D eigenvalue weighted by molar-refractivity contribution is 5.93. The van der Waals surface area contributed by atoms with Gasteiger partial charge in [-0.1, -0.05) is 41.6 Å². The van der Waals surface area contributed by atoms with Gasteiger partial charge in [-0.15, -0.1) is 5.10 Å². The van der Waals surface area contributed by atoms with Crippen molar-refractivity contribution in [1.29, 1.82) is 5.26 Å². The van der Waals surface area contributed by atoms with E-state index in [1.165, 1.54) is 4.68 Å². The summed E-state index contributed by atoms with van der Waals surface area (Å²) in [5.41, 5.74) is 4.36. The van der Waals surface area contributed by atoms with Gasteiger partial charge in [-0.3, -0.25) is 4.79 Å². The Bertz CT molecular complexity index is 1400. The van der Waals surface area contributed by atoms with E-state index < -0.39 is 6.04 Å². The van der Waals surface area contributed by atoms with Gasteiger partial charge in [-0.25, -0.2) is 4.68 Å². The number of amides is 1. The number of benzene rings is 3. The number of nitriles is 1. The third kappa shape index (κ3) is 5.59. The molecule has 0 fully saturated rings. The molecule has 4 rings (SSSR count). The first-order chi connectivity index (χ1) is 17.5. The normalized spacial score (nSPS) is 11.9. The van der Waals surface area contributed by atoms with Crippen molar-refractivity contribution in [2.24, 2.45) is 0 Å². The Labute approximate surface area is 209 Å². The van der Waals surface area contributed by atoms with Crippen molar-refractivity contribution in [3.05, 3.63) is 90.1 Å². The van der Waals surface area contributed by atoms with Gasteiger partial charge in [-0.05, 0) is 60.5 Å². The van der Waals surface area contributed by atoms with Gasteiger partial charge >= 0.3 is 0 Å². The molecule has 0 radical (unpaired) electrons. The van der Waals surface area contributed by atoms with E-state index in [-0.39, 0.29) is 5.91 Å². The molecule has 0 bridgehead atoms. The van der Waals surface area contributed by atoms with Crippen LogP contribution in [0, 0.1) is 11.3 Å². The molecular formula is C28H25N5O3. The van der Waals surface area contributed by atoms with Crippen molar-refractivity contribution < 1.29 is 14.3 Å². The zero-order valence-electron chi connectivity index (χ0n) is 20.2. The molecule has 0 spiro atoms. The summed E-state index contributed by atoms with van der Waals surface area (Å²) in [5.74, 6) is 1.26. The average molecular weight is 480 g/mol. The van der Waals surface area contributed by atoms with Gasteiger partial charge in [0.15, 0.2) is 0 Å². The molecule has 8 nitrogen and oxygen atoms in total. The van der Waals surface area contributed by atoms with E-state index in [1.54, 1.807) is 51.6 Å². The molecule has 1 amide bonds. The Hall–Kier alpha value is -4.90. The molecule has 36 heavy (non-hydrogen) atoms. The summed E-state index contributed by atoms with van der Waals surface area (Å²) in [6.45, 7) is 1.75. The van der Waals surface area contributed by atoms with Crippen LogP contribution >= 0.6 is 0 Å². The van der Waals surface area contributed by atoms with E-state index in [0.29, 0.717) is 22.7 Å². The molecule has 1 unspecified atom stereocenters. The Balaban J connectivity index is 1.45. The van der Waals surface area contributed by atoms with E-state index in [0.717, 1.165) is 22.4 Å². The summed E-state index contributed by atoms with van der Waals surface area (Å²) < 4.78 is 11.8. The molecule has 180 valence electrons. The minimum absolute atomic E-state index is 0.214. The first-order valence-electron chi connectivity index (χ1n) is 11.2. The predicted octanol–water partition coefficient (Wildman–Crippen LogP) is 5.23. The second-order valence-corrected chi connectivity index (χ2v) is 8.00. The molecule has 0 saturated heterocycles. The molecule has 0 aliphatic rings. The lowest BCUT2D eigenvalue weighted by Crippen LogP contribution is -2.24. The smallest absolute Gasteiger partial charge is 0.249 e. The van der Waals surface area contributed by atoms with Crippen LogP contribution in [0.1, 0.15) is 24.1 Å². The van der Waals surface area contributed by atoms with Crippen molar-refractivity contribution in [2.75, 3.05) is 19.5 Å². The number of carbonyl (C=O) groups is 1. The molecule has 8 heteroatoms. The lowest BCUT2D eigenvalue weighted by Gasteiger charge is -2.12. The van der Waals surface area contributed by atoms with Gasteiger partial charge in [0.2, 0.25) is 5.91 Å². The number of aromatic nitrogens is 3. The fourth-order valence-electron chi connectivity index (χ4n) is 3.51. The van der Waals surface area contributed by atoms with E-state index in [9.17, 15) is 10.1 Å². The Morgan fingerprint density at radius 1 is 0.972 bits per heavy atom. The lowest BCUT2D eigenvalue weighted by molar-refractivity contribution is -0.119. The number of nitrogens with zero attached hydrogens (tertiary/aromatic N) is 4. The van der Waals surface area contributed by atoms with Crippen LogP contribution in [0.25, 0.3) is 22.9 Å². The zero-order valence-corrected chi connectivity index (χ0v) is 20.2. The van der Waals surface area contributed by atoms with Gasteiger partial charge < -0.3 is 14.8 Å². The molecule has 1 atom stereocenters. The third-order valence-electron chi connectivity index (χ3n) is 5.68. The molecule has 4 aromatic rings.